The first-order chi connectivity index (χ1) is 30.2. The van der Waals surface area contributed by atoms with Crippen molar-refractivity contribution in [2.75, 3.05) is 27.9 Å². The Morgan fingerprint density at radius 1 is 0.891 bits per heavy atom. The van der Waals surface area contributed by atoms with Crippen LogP contribution in [0.15, 0.2) is 35.5 Å². The zero-order chi connectivity index (χ0) is 47.9. The Bertz CT molecular complexity index is 1640. The first-order valence-corrected chi connectivity index (χ1v) is 24.0. The normalized spacial score (nSPS) is 28.2. The number of carbonyl (C=O) groups excluding carboxylic acids is 5. The lowest BCUT2D eigenvalue weighted by Crippen LogP contribution is -2.61. The molecular weight excluding hydrogens is 819 g/mol. The molecule has 3 aliphatic rings. The fourth-order valence-corrected chi connectivity index (χ4v) is 9.92. The van der Waals surface area contributed by atoms with Gasteiger partial charge in [-0.3, -0.25) is 19.2 Å². The average molecular weight is 902 g/mol. The topological polar surface area (TPSA) is 175 Å². The Morgan fingerprint density at radius 3 is 2.22 bits per heavy atom. The molecule has 13 nitrogen and oxygen atoms in total. The van der Waals surface area contributed by atoms with Crippen LogP contribution in [0.3, 0.4) is 0 Å². The fraction of sp³-hybridized carbons (Fsp3) is 0.784. The van der Waals surface area contributed by atoms with Crippen LogP contribution in [0, 0.1) is 35.5 Å². The standard InChI is InChI=1S/C51H83NO12/c1-13-14-18-32(4)43(61-11)29-40-23-22-37(9)51(59,64-40)48(56)49(57)52-24-16-15-21-41(52)50(58)63-44(34(6)27-38-19-17-20-39(28-38)60-10)30-42(53)33(5)26-36(8)46(55)47(62-12)45(54)35(7)25-31(2)3/h13-14,18,26,31,33-35,37-41,43-44,46-47,55,59H,15-17,19-25,27-30H2,1-12H3/b14-13+,32-18+,36-26+/t33-,34-,35-,37-,38+,39+,40+,41+,43+,44+,46-,47+,51-/m1/s1. The first-order valence-electron chi connectivity index (χ1n) is 24.0. The Morgan fingerprint density at radius 2 is 1.59 bits per heavy atom. The largest absolute Gasteiger partial charge is 0.460 e. The summed E-state index contributed by atoms with van der Waals surface area (Å²) in [6.07, 6.45) is 11.3. The summed E-state index contributed by atoms with van der Waals surface area (Å²) in [6, 6.07) is -1.10. The number of hydrogen-bond acceptors (Lipinski definition) is 12. The molecule has 64 heavy (non-hydrogen) atoms. The summed E-state index contributed by atoms with van der Waals surface area (Å²) in [4.78, 5) is 71.2. The number of aliphatic hydroxyl groups excluding tert-OH is 1. The number of likely N-dealkylation sites (tertiary alicyclic amines) is 1. The SMILES string of the molecule is C/C=C/C=C(\C)[C@H](C[C@@H]1CC[C@@H](C)[C@](O)(C(=O)C(=O)N2CCCC[C@H]2C(=O)O[C@@H](CC(=O)[C@H](C)/C=C(\C)[C@@H](O)[C@@H](OC)C(=O)[C@H](C)CC(C)C)[C@H](C)C[C@@H]2CCC[C@H](OC)C2)O1)OC. The molecule has 2 N–H and O–H groups in total. The van der Waals surface area contributed by atoms with Gasteiger partial charge in [-0.1, -0.05) is 78.7 Å². The van der Waals surface area contributed by atoms with Crippen LogP contribution in [0.4, 0.5) is 0 Å². The molecule has 2 heterocycles. The monoisotopic (exact) mass is 902 g/mol. The molecule has 13 heteroatoms. The molecule has 0 aromatic heterocycles. The maximum atomic E-state index is 14.4. The second kappa shape index (κ2) is 26.3. The van der Waals surface area contributed by atoms with E-state index in [1.807, 2.05) is 59.8 Å². The number of ether oxygens (including phenoxy) is 5. The summed E-state index contributed by atoms with van der Waals surface area (Å²) in [5, 5.41) is 23.1. The summed E-state index contributed by atoms with van der Waals surface area (Å²) in [5.41, 5.74) is 1.37. The quantitative estimate of drug-likeness (QED) is 0.0419. The van der Waals surface area contributed by atoms with Crippen LogP contribution in [-0.4, -0.2) is 121 Å². The van der Waals surface area contributed by atoms with Crippen LogP contribution < -0.4 is 0 Å². The van der Waals surface area contributed by atoms with E-state index >= 15 is 0 Å². The van der Waals surface area contributed by atoms with E-state index in [-0.39, 0.29) is 60.9 Å². The number of amides is 1. The number of ketones is 3. The predicted octanol–water partition coefficient (Wildman–Crippen LogP) is 7.68. The first kappa shape index (κ1) is 55.3. The average Bonchev–Trinajstić information content (AvgIpc) is 3.27. The smallest absolute Gasteiger partial charge is 0.329 e. The summed E-state index contributed by atoms with van der Waals surface area (Å²) < 4.78 is 29.3. The summed E-state index contributed by atoms with van der Waals surface area (Å²) >= 11 is 0. The van der Waals surface area contributed by atoms with Crippen molar-refractivity contribution in [3.63, 3.8) is 0 Å². The second-order valence-corrected chi connectivity index (χ2v) is 19.6. The number of Topliss-reactive ketones (excluding diaryl/α,β-unsaturated/α-hetero) is 3. The van der Waals surface area contributed by atoms with Gasteiger partial charge in [0.25, 0.3) is 11.7 Å². The van der Waals surface area contributed by atoms with E-state index in [0.717, 1.165) is 31.3 Å². The van der Waals surface area contributed by atoms with E-state index in [1.165, 1.54) is 12.0 Å². The van der Waals surface area contributed by atoms with E-state index in [2.05, 4.69) is 0 Å². The highest BCUT2D eigenvalue weighted by Crippen LogP contribution is 2.37. The Labute approximate surface area is 384 Å². The molecule has 13 atom stereocenters. The molecule has 0 aromatic carbocycles. The number of hydrogen-bond donors (Lipinski definition) is 2. The molecule has 1 aliphatic carbocycles. The number of esters is 1. The van der Waals surface area contributed by atoms with Gasteiger partial charge in [-0.25, -0.2) is 4.79 Å². The lowest BCUT2D eigenvalue weighted by atomic mass is 9.79. The lowest BCUT2D eigenvalue weighted by molar-refractivity contribution is -0.265. The number of nitrogens with zero attached hydrogens (tertiary/aromatic N) is 1. The van der Waals surface area contributed by atoms with E-state index in [4.69, 9.17) is 23.7 Å². The van der Waals surface area contributed by atoms with Gasteiger partial charge in [0, 0.05) is 58.5 Å². The van der Waals surface area contributed by atoms with Gasteiger partial charge < -0.3 is 38.8 Å². The molecule has 3 fully saturated rings. The molecule has 2 aliphatic heterocycles. The molecule has 2 saturated heterocycles. The minimum atomic E-state index is -2.40. The summed E-state index contributed by atoms with van der Waals surface area (Å²) in [7, 11) is 4.70. The van der Waals surface area contributed by atoms with Crippen LogP contribution in [0.2, 0.25) is 0 Å². The van der Waals surface area contributed by atoms with Crippen molar-refractivity contribution < 1.29 is 57.9 Å². The van der Waals surface area contributed by atoms with Gasteiger partial charge in [0.2, 0.25) is 5.79 Å². The van der Waals surface area contributed by atoms with Crippen molar-refractivity contribution in [2.24, 2.45) is 35.5 Å². The Kier molecular flexibility index (Phi) is 22.7. The Balaban J connectivity index is 1.84. The van der Waals surface area contributed by atoms with Crippen LogP contribution in [0.5, 0.6) is 0 Å². The van der Waals surface area contributed by atoms with Crippen molar-refractivity contribution in [1.29, 1.82) is 0 Å². The predicted molar refractivity (Wildman–Crippen MR) is 246 cm³/mol. The molecule has 0 spiro atoms. The molecule has 1 saturated carbocycles. The van der Waals surface area contributed by atoms with Crippen molar-refractivity contribution in [1.82, 2.24) is 4.90 Å². The maximum Gasteiger partial charge on any atom is 0.329 e. The van der Waals surface area contributed by atoms with Gasteiger partial charge in [-0.15, -0.1) is 0 Å². The number of rotatable bonds is 24. The summed E-state index contributed by atoms with van der Waals surface area (Å²) in [6.45, 7) is 16.9. The molecule has 1 amide bonds. The van der Waals surface area contributed by atoms with E-state index in [9.17, 15) is 34.2 Å². The van der Waals surface area contributed by atoms with Gasteiger partial charge in [0.05, 0.1) is 18.3 Å². The highest BCUT2D eigenvalue weighted by Gasteiger charge is 2.53. The molecular formula is C51H83NO12. The third kappa shape index (κ3) is 15.2. The lowest BCUT2D eigenvalue weighted by Gasteiger charge is -2.42. The molecule has 0 unspecified atom stereocenters. The van der Waals surface area contributed by atoms with Crippen LogP contribution in [0.1, 0.15) is 146 Å². The van der Waals surface area contributed by atoms with Gasteiger partial charge >= 0.3 is 5.97 Å². The van der Waals surface area contributed by atoms with Crippen LogP contribution >= 0.6 is 0 Å². The zero-order valence-corrected chi connectivity index (χ0v) is 41.1. The van der Waals surface area contributed by atoms with E-state index < -0.39 is 65.7 Å². The number of allylic oxidation sites excluding steroid dienone is 4. The van der Waals surface area contributed by atoms with E-state index in [1.54, 1.807) is 41.1 Å². The minimum Gasteiger partial charge on any atom is -0.460 e. The number of methoxy groups -OCH3 is 3. The summed E-state index contributed by atoms with van der Waals surface area (Å²) in [5.74, 6) is -7.01. The number of carbonyl (C=O) groups is 5. The van der Waals surface area contributed by atoms with Gasteiger partial charge in [-0.2, -0.15) is 0 Å². The van der Waals surface area contributed by atoms with Crippen molar-refractivity contribution in [3.05, 3.63) is 35.5 Å². The van der Waals surface area contributed by atoms with Crippen molar-refractivity contribution in [2.45, 2.75) is 194 Å². The van der Waals surface area contributed by atoms with Crippen molar-refractivity contribution >= 4 is 29.2 Å². The molecule has 364 valence electrons. The molecule has 0 radical (unpaired) electrons. The van der Waals surface area contributed by atoms with E-state index in [0.29, 0.717) is 56.4 Å². The van der Waals surface area contributed by atoms with Gasteiger partial charge in [-0.05, 0) is 107 Å². The zero-order valence-electron chi connectivity index (χ0n) is 41.1. The molecule has 3 rings (SSSR count). The maximum absolute atomic E-state index is 14.4. The Hall–Kier alpha value is -3.07. The third-order valence-electron chi connectivity index (χ3n) is 14.0. The van der Waals surface area contributed by atoms with Gasteiger partial charge in [0.15, 0.2) is 5.78 Å². The highest BCUT2D eigenvalue weighted by molar-refractivity contribution is 6.39. The van der Waals surface area contributed by atoms with Gasteiger partial charge in [0.1, 0.15) is 30.1 Å². The van der Waals surface area contributed by atoms with Crippen molar-refractivity contribution in [3.8, 4) is 0 Å². The third-order valence-corrected chi connectivity index (χ3v) is 14.0. The van der Waals surface area contributed by atoms with Crippen LogP contribution in [-0.2, 0) is 47.7 Å². The second-order valence-electron chi connectivity index (χ2n) is 19.6. The minimum absolute atomic E-state index is 0.114. The molecule has 0 bridgehead atoms. The van der Waals surface area contributed by atoms with Crippen LogP contribution in [0.25, 0.3) is 0 Å². The number of aliphatic hydroxyl groups is 2. The fourth-order valence-electron chi connectivity index (χ4n) is 9.92. The highest BCUT2D eigenvalue weighted by atomic mass is 16.6. The number of piperidine rings is 1. The molecule has 0 aromatic rings.